The van der Waals surface area contributed by atoms with Crippen LogP contribution in [0.25, 0.3) is 0 Å². The Bertz CT molecular complexity index is 877. The molecule has 1 aromatic carbocycles. The zero-order chi connectivity index (χ0) is 20.9. The number of nitrogens with zero attached hydrogens (tertiary/aromatic N) is 1. The highest BCUT2D eigenvalue weighted by Crippen LogP contribution is 2.56. The van der Waals surface area contributed by atoms with Crippen molar-refractivity contribution in [2.24, 2.45) is 23.7 Å². The summed E-state index contributed by atoms with van der Waals surface area (Å²) in [6, 6.07) is 3.50. The van der Waals surface area contributed by atoms with E-state index in [1.807, 2.05) is 0 Å². The van der Waals surface area contributed by atoms with Crippen molar-refractivity contribution in [1.29, 1.82) is 0 Å². The van der Waals surface area contributed by atoms with Gasteiger partial charge in [0.1, 0.15) is 6.04 Å². The summed E-state index contributed by atoms with van der Waals surface area (Å²) in [5.74, 6) is -2.07. The lowest BCUT2D eigenvalue weighted by Crippen LogP contribution is -2.45. The highest BCUT2D eigenvalue weighted by molar-refractivity contribution is 6.36. The maximum atomic E-state index is 12.8. The molecule has 0 aromatic heterocycles. The van der Waals surface area contributed by atoms with Crippen molar-refractivity contribution in [3.05, 3.63) is 28.2 Å². The molecule has 2 aliphatic carbocycles. The number of fused-ring (bicyclic) bond motifs is 5. The second-order valence-electron chi connectivity index (χ2n) is 7.89. The fourth-order valence-corrected chi connectivity index (χ4v) is 5.41. The Morgan fingerprint density at radius 1 is 1.17 bits per heavy atom. The Morgan fingerprint density at radius 3 is 2.38 bits per heavy atom. The van der Waals surface area contributed by atoms with Crippen LogP contribution in [0, 0.1) is 23.7 Å². The average Bonchev–Trinajstić information content (AvgIpc) is 3.35. The van der Waals surface area contributed by atoms with Crippen molar-refractivity contribution in [2.75, 3.05) is 11.9 Å². The largest absolute Gasteiger partial charge is 0.454 e. The number of imide groups is 1. The predicted molar refractivity (Wildman–Crippen MR) is 105 cm³/mol. The molecule has 3 aliphatic rings. The molecule has 1 heterocycles. The van der Waals surface area contributed by atoms with Crippen LogP contribution in [-0.4, -0.2) is 41.2 Å². The molecule has 5 atom stereocenters. The minimum Gasteiger partial charge on any atom is -0.454 e. The number of carbonyl (C=O) groups excluding carboxylic acids is 4. The Kier molecular flexibility index (Phi) is 5.29. The van der Waals surface area contributed by atoms with Crippen LogP contribution in [0.2, 0.25) is 10.0 Å². The van der Waals surface area contributed by atoms with Crippen molar-refractivity contribution in [2.45, 2.75) is 32.2 Å². The van der Waals surface area contributed by atoms with E-state index in [9.17, 15) is 19.2 Å². The second kappa shape index (κ2) is 7.61. The zero-order valence-electron chi connectivity index (χ0n) is 15.7. The van der Waals surface area contributed by atoms with Gasteiger partial charge in [-0.3, -0.25) is 19.3 Å². The number of hydrogen-bond donors (Lipinski definition) is 1. The van der Waals surface area contributed by atoms with E-state index < -0.39 is 24.5 Å². The van der Waals surface area contributed by atoms with Crippen LogP contribution in [-0.2, 0) is 23.9 Å². The number of carbonyl (C=O) groups is 4. The monoisotopic (exact) mass is 438 g/mol. The lowest BCUT2D eigenvalue weighted by Gasteiger charge is -2.23. The van der Waals surface area contributed by atoms with Crippen LogP contribution < -0.4 is 5.32 Å². The van der Waals surface area contributed by atoms with Crippen molar-refractivity contribution in [3.63, 3.8) is 0 Å². The SMILES string of the molecule is C[C@H](C(=O)OCC(=O)Nc1ccc(Cl)cc1Cl)N1C(=O)[C@@H]2[C@H]3CC[C@@H](C3)[C@@H]2C1=O. The number of amides is 3. The van der Waals surface area contributed by atoms with Gasteiger partial charge in [-0.05, 0) is 56.2 Å². The molecule has 0 unspecified atom stereocenters. The van der Waals surface area contributed by atoms with Crippen molar-refractivity contribution < 1.29 is 23.9 Å². The Balaban J connectivity index is 1.34. The van der Waals surface area contributed by atoms with Gasteiger partial charge in [0.15, 0.2) is 6.61 Å². The second-order valence-corrected chi connectivity index (χ2v) is 8.73. The summed E-state index contributed by atoms with van der Waals surface area (Å²) in [4.78, 5) is 51.0. The summed E-state index contributed by atoms with van der Waals surface area (Å²) in [6.45, 7) is 0.894. The molecular weight excluding hydrogens is 419 g/mol. The predicted octanol–water partition coefficient (Wildman–Crippen LogP) is 2.89. The first-order valence-corrected chi connectivity index (χ1v) is 10.3. The Labute approximate surface area is 177 Å². The first-order valence-electron chi connectivity index (χ1n) is 9.56. The minimum absolute atomic E-state index is 0.240. The van der Waals surface area contributed by atoms with Gasteiger partial charge in [0.25, 0.3) is 5.91 Å². The van der Waals surface area contributed by atoms with E-state index in [1.54, 1.807) is 6.07 Å². The van der Waals surface area contributed by atoms with Crippen LogP contribution in [0.5, 0.6) is 0 Å². The number of rotatable bonds is 5. The highest BCUT2D eigenvalue weighted by Gasteiger charge is 2.62. The van der Waals surface area contributed by atoms with Crippen molar-refractivity contribution >= 4 is 52.6 Å². The maximum absolute atomic E-state index is 12.8. The van der Waals surface area contributed by atoms with Gasteiger partial charge in [0.05, 0.1) is 22.5 Å². The van der Waals surface area contributed by atoms with Gasteiger partial charge in [0.2, 0.25) is 11.8 Å². The molecule has 1 aromatic rings. The maximum Gasteiger partial charge on any atom is 0.329 e. The molecular formula is C20H20Cl2N2O5. The molecule has 9 heteroatoms. The molecule has 4 rings (SSSR count). The normalized spacial score (nSPS) is 28.4. The molecule has 1 aliphatic heterocycles. The standard InChI is InChI=1S/C20H20Cl2N2O5/c1-9(24-18(26)16-10-2-3-11(6-10)17(16)19(24)27)20(28)29-8-15(25)23-14-5-4-12(21)7-13(14)22/h4-5,7,9-11,16-17H,2-3,6,8H2,1H3,(H,23,25)/t9-,10+,11+,16-,17+/m1/s1. The van der Waals surface area contributed by atoms with Crippen LogP contribution in [0.15, 0.2) is 18.2 Å². The van der Waals surface area contributed by atoms with Crippen molar-refractivity contribution in [3.8, 4) is 0 Å². The smallest absolute Gasteiger partial charge is 0.329 e. The number of esters is 1. The van der Waals surface area contributed by atoms with Crippen LogP contribution in [0.1, 0.15) is 26.2 Å². The number of benzene rings is 1. The fraction of sp³-hybridized carbons (Fsp3) is 0.500. The molecule has 2 saturated carbocycles. The number of anilines is 1. The summed E-state index contributed by atoms with van der Waals surface area (Å²) in [5.41, 5.74) is 0.332. The number of nitrogens with one attached hydrogen (secondary N) is 1. The summed E-state index contributed by atoms with van der Waals surface area (Å²) < 4.78 is 5.04. The first-order chi connectivity index (χ1) is 13.8. The van der Waals surface area contributed by atoms with Crippen LogP contribution in [0.3, 0.4) is 0 Å². The number of ether oxygens (including phenoxy) is 1. The third-order valence-electron chi connectivity index (χ3n) is 6.24. The van der Waals surface area contributed by atoms with E-state index in [-0.39, 0.29) is 40.5 Å². The van der Waals surface area contributed by atoms with Gasteiger partial charge < -0.3 is 10.1 Å². The lowest BCUT2D eigenvalue weighted by molar-refractivity contribution is -0.159. The molecule has 2 bridgehead atoms. The average molecular weight is 439 g/mol. The van der Waals surface area contributed by atoms with E-state index in [1.165, 1.54) is 19.1 Å². The molecule has 154 valence electrons. The zero-order valence-corrected chi connectivity index (χ0v) is 17.2. The quantitative estimate of drug-likeness (QED) is 0.563. The number of halogens is 2. The molecule has 1 saturated heterocycles. The van der Waals surface area contributed by atoms with E-state index in [4.69, 9.17) is 27.9 Å². The van der Waals surface area contributed by atoms with Gasteiger partial charge in [-0.2, -0.15) is 0 Å². The number of hydrogen-bond acceptors (Lipinski definition) is 5. The van der Waals surface area contributed by atoms with Gasteiger partial charge in [-0.15, -0.1) is 0 Å². The lowest BCUT2D eigenvalue weighted by atomic mass is 9.81. The van der Waals surface area contributed by atoms with Crippen LogP contribution in [0.4, 0.5) is 5.69 Å². The van der Waals surface area contributed by atoms with Crippen molar-refractivity contribution in [1.82, 2.24) is 4.90 Å². The van der Waals surface area contributed by atoms with Gasteiger partial charge in [-0.1, -0.05) is 23.2 Å². The number of likely N-dealkylation sites (tertiary alicyclic amines) is 1. The molecule has 29 heavy (non-hydrogen) atoms. The van der Waals surface area contributed by atoms with Gasteiger partial charge in [0, 0.05) is 5.02 Å². The van der Waals surface area contributed by atoms with E-state index in [0.717, 1.165) is 24.2 Å². The fourth-order valence-electron chi connectivity index (χ4n) is 4.95. The molecule has 3 fully saturated rings. The molecule has 0 spiro atoms. The van der Waals surface area contributed by atoms with E-state index in [0.29, 0.717) is 10.7 Å². The summed E-state index contributed by atoms with van der Waals surface area (Å²) in [6.07, 6.45) is 2.85. The third-order valence-corrected chi connectivity index (χ3v) is 6.79. The Hall–Kier alpha value is -2.12. The van der Waals surface area contributed by atoms with Crippen LogP contribution >= 0.6 is 23.2 Å². The Morgan fingerprint density at radius 2 is 1.79 bits per heavy atom. The summed E-state index contributed by atoms with van der Waals surface area (Å²) in [7, 11) is 0. The van der Waals surface area contributed by atoms with Gasteiger partial charge in [-0.25, -0.2) is 4.79 Å². The topological polar surface area (TPSA) is 92.8 Å². The van der Waals surface area contributed by atoms with E-state index >= 15 is 0 Å². The minimum atomic E-state index is -1.06. The highest BCUT2D eigenvalue weighted by atomic mass is 35.5. The molecule has 3 amide bonds. The summed E-state index contributed by atoms with van der Waals surface area (Å²) in [5, 5.41) is 3.19. The van der Waals surface area contributed by atoms with Gasteiger partial charge >= 0.3 is 5.97 Å². The van der Waals surface area contributed by atoms with E-state index in [2.05, 4.69) is 5.32 Å². The molecule has 1 N–H and O–H groups in total. The third kappa shape index (κ3) is 3.51. The molecule has 0 radical (unpaired) electrons. The first kappa shape index (κ1) is 20.2. The summed E-state index contributed by atoms with van der Waals surface area (Å²) >= 11 is 11.8. The molecule has 7 nitrogen and oxygen atoms in total.